The van der Waals surface area contributed by atoms with E-state index in [1.165, 1.54) is 18.3 Å². The number of Topliss-reactive ketones (excluding diaryl/α,β-unsaturated/α-hetero) is 1. The summed E-state index contributed by atoms with van der Waals surface area (Å²) >= 11 is 0. The highest BCUT2D eigenvalue weighted by atomic mass is 16.4. The number of nitrogens with one attached hydrogen (secondary N) is 1. The molecule has 0 aliphatic carbocycles. The molecule has 0 fully saturated rings. The molecule has 0 atom stereocenters. The second kappa shape index (κ2) is 4.72. The molecule has 0 unspecified atom stereocenters. The maximum atomic E-state index is 11.2. The lowest BCUT2D eigenvalue weighted by Crippen LogP contribution is -2.09. The first-order valence-electron chi connectivity index (χ1n) is 3.99. The summed E-state index contributed by atoms with van der Waals surface area (Å²) in [5, 5.41) is 18.7. The molecule has 0 saturated carbocycles. The van der Waals surface area contributed by atoms with Crippen LogP contribution in [0.5, 0.6) is 0 Å². The van der Waals surface area contributed by atoms with Gasteiger partial charge in [0.25, 0.3) is 0 Å². The molecule has 76 valence electrons. The zero-order chi connectivity index (χ0) is 11.3. The molecule has 0 bridgehead atoms. The minimum atomic E-state index is -1.22. The van der Waals surface area contributed by atoms with Crippen molar-refractivity contribution in [2.45, 2.75) is 6.42 Å². The van der Waals surface area contributed by atoms with Crippen LogP contribution in [0.4, 0.5) is 10.6 Å². The summed E-state index contributed by atoms with van der Waals surface area (Å²) in [7, 11) is 0. The first-order valence-corrected chi connectivity index (χ1v) is 3.99. The van der Waals surface area contributed by atoms with Gasteiger partial charge in [0.15, 0.2) is 5.78 Å². The zero-order valence-electron chi connectivity index (χ0n) is 7.60. The maximum absolute atomic E-state index is 11.2. The number of hydrogen-bond acceptors (Lipinski definition) is 4. The highest BCUT2D eigenvalue weighted by Gasteiger charge is 2.06. The first kappa shape index (κ1) is 10.7. The van der Waals surface area contributed by atoms with Crippen molar-refractivity contribution in [1.29, 1.82) is 5.26 Å². The van der Waals surface area contributed by atoms with Crippen molar-refractivity contribution in [2.24, 2.45) is 0 Å². The highest BCUT2D eigenvalue weighted by Crippen LogP contribution is 2.06. The first-order chi connectivity index (χ1) is 7.13. The molecular weight excluding hydrogens is 198 g/mol. The molecule has 1 rings (SSSR count). The minimum Gasteiger partial charge on any atom is -0.465 e. The SMILES string of the molecule is N#CCC(=O)c1ccc(NC(=O)O)nc1. The average molecular weight is 205 g/mol. The predicted molar refractivity (Wildman–Crippen MR) is 50.4 cm³/mol. The van der Waals surface area contributed by atoms with Gasteiger partial charge < -0.3 is 5.11 Å². The Labute approximate surface area is 85.2 Å². The monoisotopic (exact) mass is 205 g/mol. The van der Waals surface area contributed by atoms with Gasteiger partial charge >= 0.3 is 6.09 Å². The minimum absolute atomic E-state index is 0.135. The van der Waals surface area contributed by atoms with Crippen LogP contribution in [0.3, 0.4) is 0 Å². The van der Waals surface area contributed by atoms with Gasteiger partial charge in [0, 0.05) is 11.8 Å². The van der Waals surface area contributed by atoms with E-state index in [1.54, 1.807) is 6.07 Å². The van der Waals surface area contributed by atoms with Crippen LogP contribution in [0.25, 0.3) is 0 Å². The number of aromatic nitrogens is 1. The summed E-state index contributed by atoms with van der Waals surface area (Å²) in [5.74, 6) is -0.206. The summed E-state index contributed by atoms with van der Waals surface area (Å²) in [4.78, 5) is 25.1. The van der Waals surface area contributed by atoms with E-state index in [0.29, 0.717) is 0 Å². The number of nitriles is 1. The summed E-state index contributed by atoms with van der Waals surface area (Å²) in [6.45, 7) is 0. The molecule has 0 aromatic carbocycles. The third-order valence-corrected chi connectivity index (χ3v) is 1.56. The highest BCUT2D eigenvalue weighted by molar-refractivity contribution is 5.97. The molecule has 0 radical (unpaired) electrons. The molecule has 1 aromatic rings. The van der Waals surface area contributed by atoms with Crippen LogP contribution in [0, 0.1) is 11.3 Å². The Kier molecular flexibility index (Phi) is 3.35. The predicted octanol–water partition coefficient (Wildman–Crippen LogP) is 1.27. The van der Waals surface area contributed by atoms with Crippen molar-refractivity contribution in [1.82, 2.24) is 4.98 Å². The third-order valence-electron chi connectivity index (χ3n) is 1.56. The van der Waals surface area contributed by atoms with Gasteiger partial charge in [-0.1, -0.05) is 0 Å². The Bertz CT molecular complexity index is 419. The van der Waals surface area contributed by atoms with Gasteiger partial charge in [-0.3, -0.25) is 10.1 Å². The Balaban J connectivity index is 2.77. The standard InChI is InChI=1S/C9H7N3O3/c10-4-3-7(13)6-1-2-8(11-5-6)12-9(14)15/h1-2,5H,3H2,(H,11,12)(H,14,15). The lowest BCUT2D eigenvalue weighted by Gasteiger charge is -2.00. The fourth-order valence-corrected chi connectivity index (χ4v) is 0.916. The van der Waals surface area contributed by atoms with Gasteiger partial charge in [0.1, 0.15) is 5.82 Å². The summed E-state index contributed by atoms with van der Waals surface area (Å²) in [6, 6.07) is 4.50. The number of carbonyl (C=O) groups is 2. The Hall–Kier alpha value is -2.42. The molecule has 6 heteroatoms. The molecule has 1 amide bonds. The number of anilines is 1. The number of nitrogens with zero attached hydrogens (tertiary/aromatic N) is 2. The summed E-state index contributed by atoms with van der Waals surface area (Å²) in [5.41, 5.74) is 0.285. The maximum Gasteiger partial charge on any atom is 0.410 e. The number of carbonyl (C=O) groups excluding carboxylic acids is 1. The van der Waals surface area contributed by atoms with Crippen LogP contribution in [0.15, 0.2) is 18.3 Å². The lowest BCUT2D eigenvalue weighted by atomic mass is 10.1. The number of amides is 1. The van der Waals surface area contributed by atoms with E-state index in [1.807, 2.05) is 5.32 Å². The molecule has 15 heavy (non-hydrogen) atoms. The third kappa shape index (κ3) is 3.08. The number of ketones is 1. The van der Waals surface area contributed by atoms with E-state index >= 15 is 0 Å². The van der Waals surface area contributed by atoms with Crippen LogP contribution < -0.4 is 5.32 Å². The fraction of sp³-hybridized carbons (Fsp3) is 0.111. The van der Waals surface area contributed by atoms with Crippen LogP contribution in [-0.4, -0.2) is 22.0 Å². The largest absolute Gasteiger partial charge is 0.465 e. The number of hydrogen-bond donors (Lipinski definition) is 2. The van der Waals surface area contributed by atoms with Crippen LogP contribution >= 0.6 is 0 Å². The molecule has 0 aliphatic rings. The van der Waals surface area contributed by atoms with Crippen molar-refractivity contribution in [3.63, 3.8) is 0 Å². The zero-order valence-corrected chi connectivity index (χ0v) is 7.60. The van der Waals surface area contributed by atoms with Crippen LogP contribution in [-0.2, 0) is 0 Å². The average Bonchev–Trinajstić information content (AvgIpc) is 2.18. The molecule has 1 heterocycles. The van der Waals surface area contributed by atoms with Crippen molar-refractivity contribution >= 4 is 17.7 Å². The van der Waals surface area contributed by atoms with Gasteiger partial charge in [0.05, 0.1) is 12.5 Å². The van der Waals surface area contributed by atoms with Crippen molar-refractivity contribution in [3.8, 4) is 6.07 Å². The molecule has 0 spiro atoms. The number of rotatable bonds is 3. The topological polar surface area (TPSA) is 103 Å². The Morgan fingerprint density at radius 3 is 2.73 bits per heavy atom. The summed E-state index contributed by atoms with van der Waals surface area (Å²) in [6.07, 6.45) is -0.211. The molecule has 2 N–H and O–H groups in total. The lowest BCUT2D eigenvalue weighted by molar-refractivity contribution is 0.0997. The second-order valence-electron chi connectivity index (χ2n) is 2.62. The smallest absolute Gasteiger partial charge is 0.410 e. The van der Waals surface area contributed by atoms with Gasteiger partial charge in [-0.15, -0.1) is 0 Å². The molecule has 1 aromatic heterocycles. The van der Waals surface area contributed by atoms with Gasteiger partial charge in [-0.2, -0.15) is 5.26 Å². The Morgan fingerprint density at radius 1 is 1.53 bits per heavy atom. The van der Waals surface area contributed by atoms with Crippen LogP contribution in [0.2, 0.25) is 0 Å². The van der Waals surface area contributed by atoms with E-state index in [4.69, 9.17) is 10.4 Å². The van der Waals surface area contributed by atoms with E-state index < -0.39 is 6.09 Å². The quantitative estimate of drug-likeness (QED) is 0.723. The Morgan fingerprint density at radius 2 is 2.27 bits per heavy atom. The molecule has 0 saturated heterocycles. The normalized spacial score (nSPS) is 9.00. The van der Waals surface area contributed by atoms with Crippen molar-refractivity contribution in [3.05, 3.63) is 23.9 Å². The fourth-order valence-electron chi connectivity index (χ4n) is 0.916. The van der Waals surface area contributed by atoms with Gasteiger partial charge in [0.2, 0.25) is 0 Å². The summed E-state index contributed by atoms with van der Waals surface area (Å²) < 4.78 is 0. The number of pyridine rings is 1. The van der Waals surface area contributed by atoms with Crippen molar-refractivity contribution < 1.29 is 14.7 Å². The number of carboxylic acid groups (broad SMARTS) is 1. The van der Waals surface area contributed by atoms with Gasteiger partial charge in [-0.05, 0) is 12.1 Å². The van der Waals surface area contributed by atoms with E-state index in [0.717, 1.165) is 0 Å². The molecule has 6 nitrogen and oxygen atoms in total. The van der Waals surface area contributed by atoms with E-state index in [2.05, 4.69) is 4.98 Å². The molecular formula is C9H7N3O3. The van der Waals surface area contributed by atoms with Crippen LogP contribution in [0.1, 0.15) is 16.8 Å². The van der Waals surface area contributed by atoms with E-state index in [-0.39, 0.29) is 23.6 Å². The second-order valence-corrected chi connectivity index (χ2v) is 2.62. The van der Waals surface area contributed by atoms with Crippen molar-refractivity contribution in [2.75, 3.05) is 5.32 Å². The van der Waals surface area contributed by atoms with E-state index in [9.17, 15) is 9.59 Å². The molecule has 0 aliphatic heterocycles. The van der Waals surface area contributed by atoms with Gasteiger partial charge in [-0.25, -0.2) is 9.78 Å².